The van der Waals surface area contributed by atoms with E-state index >= 15 is 0 Å². The third kappa shape index (κ3) is 1.61. The maximum absolute atomic E-state index is 10.2. The lowest BCUT2D eigenvalue weighted by Gasteiger charge is -2.11. The molecule has 0 amide bonds. The van der Waals surface area contributed by atoms with Gasteiger partial charge in [-0.15, -0.1) is 0 Å². The van der Waals surface area contributed by atoms with Gasteiger partial charge < -0.3 is 0 Å². The van der Waals surface area contributed by atoms with Gasteiger partial charge in [-0.25, -0.2) is 0 Å². The molecule has 0 saturated carbocycles. The van der Waals surface area contributed by atoms with E-state index in [0.29, 0.717) is 5.69 Å². The van der Waals surface area contributed by atoms with E-state index in [9.17, 15) is 10.1 Å². The molecule has 0 aliphatic rings. The van der Waals surface area contributed by atoms with Gasteiger partial charge in [0.05, 0.1) is 11.8 Å². The molecule has 5 heteroatoms. The standard InChI is InChI=1S/C7H10N2O3/c1-7(2,3)5-4-6(9(10)11)12-8-5/h4H,1-3H3. The van der Waals surface area contributed by atoms with E-state index in [0.717, 1.165) is 0 Å². The van der Waals surface area contributed by atoms with Gasteiger partial charge in [-0.2, -0.15) is 0 Å². The Bertz CT molecular complexity index is 298. The van der Waals surface area contributed by atoms with Crippen molar-refractivity contribution in [3.63, 3.8) is 0 Å². The van der Waals surface area contributed by atoms with Crippen molar-refractivity contribution < 1.29 is 9.45 Å². The van der Waals surface area contributed by atoms with Gasteiger partial charge in [0.15, 0.2) is 0 Å². The van der Waals surface area contributed by atoms with Gasteiger partial charge in [0, 0.05) is 5.41 Å². The maximum Gasteiger partial charge on any atom is 0.455 e. The van der Waals surface area contributed by atoms with Gasteiger partial charge in [-0.1, -0.05) is 25.9 Å². The molecule has 66 valence electrons. The second kappa shape index (κ2) is 2.58. The molecule has 0 radical (unpaired) electrons. The van der Waals surface area contributed by atoms with Crippen LogP contribution in [0.1, 0.15) is 26.5 Å². The smallest absolute Gasteiger partial charge is 0.288 e. The van der Waals surface area contributed by atoms with Crippen molar-refractivity contribution in [2.75, 3.05) is 0 Å². The molecule has 0 atom stereocenters. The predicted molar refractivity (Wildman–Crippen MR) is 41.9 cm³/mol. The minimum absolute atomic E-state index is 0.211. The summed E-state index contributed by atoms with van der Waals surface area (Å²) in [4.78, 5) is 9.62. The first-order chi connectivity index (χ1) is 5.41. The summed E-state index contributed by atoms with van der Waals surface area (Å²) in [6.07, 6.45) is 0. The number of nitro groups is 1. The molecule has 0 N–H and O–H groups in total. The second-order valence-electron chi connectivity index (χ2n) is 3.56. The van der Waals surface area contributed by atoms with Crippen LogP contribution in [-0.2, 0) is 5.41 Å². The first kappa shape index (κ1) is 8.70. The topological polar surface area (TPSA) is 69.2 Å². The predicted octanol–water partition coefficient (Wildman–Crippen LogP) is 1.88. The average Bonchev–Trinajstić information content (AvgIpc) is 2.30. The van der Waals surface area contributed by atoms with Crippen LogP contribution in [0.2, 0.25) is 0 Å². The number of rotatable bonds is 1. The monoisotopic (exact) mass is 170 g/mol. The van der Waals surface area contributed by atoms with Gasteiger partial charge in [0.1, 0.15) is 4.92 Å². The lowest BCUT2D eigenvalue weighted by molar-refractivity contribution is -0.404. The van der Waals surface area contributed by atoms with Crippen LogP contribution in [0.3, 0.4) is 0 Å². The van der Waals surface area contributed by atoms with Gasteiger partial charge in [0.25, 0.3) is 0 Å². The van der Waals surface area contributed by atoms with Crippen molar-refractivity contribution in [2.45, 2.75) is 26.2 Å². The summed E-state index contributed by atoms with van der Waals surface area (Å²) in [6, 6.07) is 1.35. The third-order valence-electron chi connectivity index (χ3n) is 1.45. The molecule has 1 heterocycles. The summed E-state index contributed by atoms with van der Waals surface area (Å²) in [7, 11) is 0. The molecule has 5 nitrogen and oxygen atoms in total. The zero-order valence-corrected chi connectivity index (χ0v) is 7.20. The van der Waals surface area contributed by atoms with Gasteiger partial charge in [-0.05, 0) is 0 Å². The Kier molecular flexibility index (Phi) is 1.87. The van der Waals surface area contributed by atoms with E-state index in [2.05, 4.69) is 9.68 Å². The Labute approximate surface area is 69.5 Å². The van der Waals surface area contributed by atoms with E-state index in [1.54, 1.807) is 0 Å². The highest BCUT2D eigenvalue weighted by Gasteiger charge is 2.23. The average molecular weight is 170 g/mol. The molecular weight excluding hydrogens is 160 g/mol. The SMILES string of the molecule is CC(C)(C)c1cc([N+](=O)[O-])on1. The first-order valence-corrected chi connectivity index (χ1v) is 3.53. The summed E-state index contributed by atoms with van der Waals surface area (Å²) in [6.45, 7) is 5.73. The zero-order chi connectivity index (χ0) is 9.35. The van der Waals surface area contributed by atoms with Crippen LogP contribution in [0.4, 0.5) is 5.88 Å². The van der Waals surface area contributed by atoms with Crippen molar-refractivity contribution >= 4 is 5.88 Å². The van der Waals surface area contributed by atoms with Crippen molar-refractivity contribution in [2.24, 2.45) is 0 Å². The fraction of sp³-hybridized carbons (Fsp3) is 0.571. The lowest BCUT2D eigenvalue weighted by Crippen LogP contribution is -2.10. The Balaban J connectivity index is 3.00. The van der Waals surface area contributed by atoms with Crippen molar-refractivity contribution in [3.8, 4) is 0 Å². The molecule has 0 aliphatic heterocycles. The molecule has 0 aromatic carbocycles. The maximum atomic E-state index is 10.2. The first-order valence-electron chi connectivity index (χ1n) is 3.53. The summed E-state index contributed by atoms with van der Waals surface area (Å²) in [5.74, 6) is -0.306. The minimum Gasteiger partial charge on any atom is -0.288 e. The molecule has 0 saturated heterocycles. The van der Waals surface area contributed by atoms with Crippen LogP contribution in [0.15, 0.2) is 10.6 Å². The molecule has 0 bridgehead atoms. The summed E-state index contributed by atoms with van der Waals surface area (Å²) in [5.41, 5.74) is 0.381. The van der Waals surface area contributed by atoms with Crippen LogP contribution < -0.4 is 0 Å². The summed E-state index contributed by atoms with van der Waals surface area (Å²) in [5, 5.41) is 13.8. The fourth-order valence-electron chi connectivity index (χ4n) is 0.705. The van der Waals surface area contributed by atoms with Crippen molar-refractivity contribution in [1.29, 1.82) is 0 Å². The molecule has 0 fully saturated rings. The van der Waals surface area contributed by atoms with Crippen molar-refractivity contribution in [3.05, 3.63) is 21.9 Å². The molecule has 0 aliphatic carbocycles. The third-order valence-corrected chi connectivity index (χ3v) is 1.45. The zero-order valence-electron chi connectivity index (χ0n) is 7.20. The normalized spacial score (nSPS) is 11.6. The van der Waals surface area contributed by atoms with Crippen LogP contribution in [-0.4, -0.2) is 10.1 Å². The highest BCUT2D eigenvalue weighted by atomic mass is 16.7. The largest absolute Gasteiger partial charge is 0.455 e. The Morgan fingerprint density at radius 1 is 1.58 bits per heavy atom. The van der Waals surface area contributed by atoms with E-state index < -0.39 is 4.92 Å². The Morgan fingerprint density at radius 3 is 2.42 bits per heavy atom. The van der Waals surface area contributed by atoms with Crippen LogP contribution >= 0.6 is 0 Å². The number of nitrogens with zero attached hydrogens (tertiary/aromatic N) is 2. The van der Waals surface area contributed by atoms with Crippen LogP contribution in [0.5, 0.6) is 0 Å². The number of aromatic nitrogens is 1. The molecule has 1 rings (SSSR count). The number of hydrogen-bond donors (Lipinski definition) is 0. The second-order valence-corrected chi connectivity index (χ2v) is 3.56. The lowest BCUT2D eigenvalue weighted by atomic mass is 9.92. The molecule has 1 aromatic heterocycles. The number of hydrogen-bond acceptors (Lipinski definition) is 4. The van der Waals surface area contributed by atoms with Crippen LogP contribution in [0.25, 0.3) is 0 Å². The van der Waals surface area contributed by atoms with Crippen LogP contribution in [0, 0.1) is 10.1 Å². The minimum atomic E-state index is -0.595. The molecular formula is C7H10N2O3. The summed E-state index contributed by atoms with van der Waals surface area (Å²) < 4.78 is 4.50. The Hall–Kier alpha value is -1.39. The van der Waals surface area contributed by atoms with E-state index in [1.165, 1.54) is 6.07 Å². The van der Waals surface area contributed by atoms with E-state index in [-0.39, 0.29) is 11.3 Å². The molecule has 1 aromatic rings. The van der Waals surface area contributed by atoms with Gasteiger partial charge in [-0.3, -0.25) is 14.6 Å². The van der Waals surface area contributed by atoms with E-state index in [1.807, 2.05) is 20.8 Å². The summed E-state index contributed by atoms with van der Waals surface area (Å²) >= 11 is 0. The highest BCUT2D eigenvalue weighted by molar-refractivity contribution is 5.21. The van der Waals surface area contributed by atoms with E-state index in [4.69, 9.17) is 0 Å². The highest BCUT2D eigenvalue weighted by Crippen LogP contribution is 2.24. The quantitative estimate of drug-likeness (QED) is 0.476. The van der Waals surface area contributed by atoms with Gasteiger partial charge in [0.2, 0.25) is 0 Å². The molecule has 12 heavy (non-hydrogen) atoms. The van der Waals surface area contributed by atoms with Crippen molar-refractivity contribution in [1.82, 2.24) is 5.16 Å². The fourth-order valence-corrected chi connectivity index (χ4v) is 0.705. The molecule has 0 spiro atoms. The Morgan fingerprint density at radius 2 is 2.17 bits per heavy atom. The molecule has 0 unspecified atom stereocenters. The van der Waals surface area contributed by atoms with Gasteiger partial charge >= 0.3 is 5.88 Å².